The van der Waals surface area contributed by atoms with Gasteiger partial charge in [-0.3, -0.25) is 14.9 Å². The molecule has 2 aromatic carbocycles. The van der Waals surface area contributed by atoms with Gasteiger partial charge < -0.3 is 4.90 Å². The fraction of sp³-hybridized carbons (Fsp3) is 0.174. The van der Waals surface area contributed by atoms with Crippen molar-refractivity contribution in [2.24, 2.45) is 0 Å². The zero-order valence-corrected chi connectivity index (χ0v) is 18.2. The van der Waals surface area contributed by atoms with Crippen LogP contribution in [0.5, 0.6) is 0 Å². The highest BCUT2D eigenvalue weighted by Crippen LogP contribution is 2.25. The number of hydrogen-bond donors (Lipinski definition) is 0. The zero-order valence-electron chi connectivity index (χ0n) is 17.4. The van der Waals surface area contributed by atoms with E-state index >= 15 is 0 Å². The van der Waals surface area contributed by atoms with Crippen molar-refractivity contribution in [2.45, 2.75) is 19.9 Å². The second-order valence-corrected chi connectivity index (χ2v) is 8.65. The fourth-order valence-corrected chi connectivity index (χ4v) is 4.34. The van der Waals surface area contributed by atoms with E-state index in [9.17, 15) is 14.9 Å². The largest absolute Gasteiger partial charge is 0.333 e. The van der Waals surface area contributed by atoms with E-state index in [0.29, 0.717) is 19.5 Å². The van der Waals surface area contributed by atoms with Gasteiger partial charge >= 0.3 is 0 Å². The lowest BCUT2D eigenvalue weighted by atomic mass is 10.1. The summed E-state index contributed by atoms with van der Waals surface area (Å²) in [6, 6.07) is 18.4. The number of carbonyl (C=O) groups is 1. The topological polar surface area (TPSA) is 94.2 Å². The number of thiophene rings is 1. The van der Waals surface area contributed by atoms with E-state index < -0.39 is 4.92 Å². The van der Waals surface area contributed by atoms with Crippen LogP contribution in [0.4, 0.5) is 5.69 Å². The Morgan fingerprint density at radius 1 is 1.16 bits per heavy atom. The highest BCUT2D eigenvalue weighted by Gasteiger charge is 2.23. The normalized spacial score (nSPS) is 10.8. The molecular formula is C23H21N5O3S. The number of amides is 1. The third kappa shape index (κ3) is 4.89. The van der Waals surface area contributed by atoms with Crippen molar-refractivity contribution in [3.05, 3.63) is 104 Å². The molecule has 0 N–H and O–H groups in total. The number of hydrogen-bond acceptors (Lipinski definition) is 6. The Balaban J connectivity index is 1.63. The average Bonchev–Trinajstić information content (AvgIpc) is 3.48. The van der Waals surface area contributed by atoms with E-state index in [0.717, 1.165) is 10.4 Å². The quantitative estimate of drug-likeness (QED) is 0.294. The molecule has 4 aromatic rings. The fourth-order valence-electron chi connectivity index (χ4n) is 3.43. The van der Waals surface area contributed by atoms with Crippen LogP contribution in [0.15, 0.2) is 73.3 Å². The Morgan fingerprint density at radius 2 is 1.97 bits per heavy atom. The molecule has 0 saturated carbocycles. The Bertz CT molecular complexity index is 1220. The number of nitrogens with zero attached hydrogens (tertiary/aromatic N) is 5. The van der Waals surface area contributed by atoms with E-state index in [4.69, 9.17) is 0 Å². The Labute approximate surface area is 188 Å². The lowest BCUT2D eigenvalue weighted by Crippen LogP contribution is -2.32. The summed E-state index contributed by atoms with van der Waals surface area (Å²) in [6.45, 7) is 2.97. The van der Waals surface area contributed by atoms with Crippen LogP contribution < -0.4 is 0 Å². The lowest BCUT2D eigenvalue weighted by molar-refractivity contribution is -0.384. The van der Waals surface area contributed by atoms with Crippen molar-refractivity contribution < 1.29 is 9.72 Å². The summed E-state index contributed by atoms with van der Waals surface area (Å²) >= 11 is 1.64. The van der Waals surface area contributed by atoms with Gasteiger partial charge in [-0.15, -0.1) is 11.3 Å². The minimum Gasteiger partial charge on any atom is -0.333 e. The molecule has 0 aliphatic rings. The molecular weight excluding hydrogens is 426 g/mol. The van der Waals surface area contributed by atoms with Crippen molar-refractivity contribution >= 4 is 22.9 Å². The van der Waals surface area contributed by atoms with Crippen LogP contribution in [0.1, 0.15) is 25.7 Å². The first-order valence-electron chi connectivity index (χ1n) is 10.0. The van der Waals surface area contributed by atoms with Gasteiger partial charge in [0.25, 0.3) is 11.6 Å². The summed E-state index contributed by atoms with van der Waals surface area (Å²) in [7, 11) is 0. The molecule has 0 spiro atoms. The second-order valence-electron chi connectivity index (χ2n) is 7.28. The van der Waals surface area contributed by atoms with Crippen molar-refractivity contribution in [1.29, 1.82) is 0 Å². The van der Waals surface area contributed by atoms with Gasteiger partial charge in [-0.05, 0) is 43.2 Å². The second kappa shape index (κ2) is 9.52. The number of nitro groups is 1. The molecule has 0 aliphatic carbocycles. The molecule has 4 rings (SSSR count). The van der Waals surface area contributed by atoms with Crippen molar-refractivity contribution in [3.8, 4) is 5.69 Å². The van der Waals surface area contributed by atoms with Gasteiger partial charge in [0, 0.05) is 27.9 Å². The first kappa shape index (κ1) is 21.4. The molecule has 162 valence electrons. The van der Waals surface area contributed by atoms with Gasteiger partial charge in [-0.25, -0.2) is 9.67 Å². The summed E-state index contributed by atoms with van der Waals surface area (Å²) in [5, 5.41) is 15.7. The number of aromatic nitrogens is 3. The van der Waals surface area contributed by atoms with E-state index in [1.165, 1.54) is 34.3 Å². The van der Waals surface area contributed by atoms with Crippen LogP contribution in [0.2, 0.25) is 0 Å². The number of rotatable bonds is 8. The molecule has 1 amide bonds. The summed E-state index contributed by atoms with van der Waals surface area (Å²) in [5.74, 6) is -0.250. The summed E-state index contributed by atoms with van der Waals surface area (Å²) in [6.07, 6.45) is 3.38. The number of carbonyl (C=O) groups excluding carboxylic acids is 1. The summed E-state index contributed by atoms with van der Waals surface area (Å²) in [5.41, 5.74) is 1.45. The maximum absolute atomic E-state index is 13.4. The zero-order chi connectivity index (χ0) is 22.5. The van der Waals surface area contributed by atoms with Crippen LogP contribution in [-0.4, -0.2) is 37.0 Å². The van der Waals surface area contributed by atoms with Crippen LogP contribution >= 0.6 is 11.3 Å². The van der Waals surface area contributed by atoms with Crippen molar-refractivity contribution in [1.82, 2.24) is 19.7 Å². The standard InChI is InChI=1S/C23H21N5O3S/c1-17-7-9-20(32-17)14-26(12-11-18-5-3-2-4-6-18)23(29)19-8-10-21(22(13-19)28(30)31)27-16-24-15-25-27/h2-10,13,15-16H,11-12,14H2,1H3. The first-order valence-corrected chi connectivity index (χ1v) is 10.8. The first-order chi connectivity index (χ1) is 15.5. The van der Waals surface area contributed by atoms with E-state index in [1.54, 1.807) is 22.3 Å². The Morgan fingerprint density at radius 3 is 2.62 bits per heavy atom. The number of nitro benzene ring substituents is 1. The van der Waals surface area contributed by atoms with Gasteiger partial charge in [-0.2, -0.15) is 5.10 Å². The molecule has 2 aromatic heterocycles. The maximum atomic E-state index is 13.4. The molecule has 0 fully saturated rings. The smallest absolute Gasteiger partial charge is 0.295 e. The molecule has 0 unspecified atom stereocenters. The molecule has 32 heavy (non-hydrogen) atoms. The molecule has 9 heteroatoms. The van der Waals surface area contributed by atoms with E-state index in [1.807, 2.05) is 49.4 Å². The van der Waals surface area contributed by atoms with E-state index in [2.05, 4.69) is 10.1 Å². The van der Waals surface area contributed by atoms with Gasteiger partial charge in [0.1, 0.15) is 18.3 Å². The van der Waals surface area contributed by atoms with Crippen molar-refractivity contribution in [2.75, 3.05) is 6.54 Å². The summed E-state index contributed by atoms with van der Waals surface area (Å²) < 4.78 is 1.31. The van der Waals surface area contributed by atoms with Gasteiger partial charge in [0.05, 0.1) is 11.5 Å². The third-order valence-electron chi connectivity index (χ3n) is 5.03. The minimum absolute atomic E-state index is 0.198. The molecule has 0 atom stereocenters. The number of benzene rings is 2. The lowest BCUT2D eigenvalue weighted by Gasteiger charge is -2.22. The molecule has 0 radical (unpaired) electrons. The maximum Gasteiger partial charge on any atom is 0.295 e. The average molecular weight is 448 g/mol. The van der Waals surface area contributed by atoms with Gasteiger partial charge in [-0.1, -0.05) is 30.3 Å². The Hall–Kier alpha value is -3.85. The Kier molecular flexibility index (Phi) is 6.37. The molecule has 0 saturated heterocycles. The predicted octanol–water partition coefficient (Wildman–Crippen LogP) is 4.43. The highest BCUT2D eigenvalue weighted by molar-refractivity contribution is 7.11. The molecule has 0 bridgehead atoms. The monoisotopic (exact) mass is 447 g/mol. The van der Waals surface area contributed by atoms with E-state index in [-0.39, 0.29) is 22.8 Å². The predicted molar refractivity (Wildman–Crippen MR) is 122 cm³/mol. The number of aryl methyl sites for hydroxylation is 1. The molecule has 2 heterocycles. The minimum atomic E-state index is -0.509. The highest BCUT2D eigenvalue weighted by atomic mass is 32.1. The molecule has 0 aliphatic heterocycles. The third-order valence-corrected chi connectivity index (χ3v) is 6.01. The molecule has 8 nitrogen and oxygen atoms in total. The van der Waals surface area contributed by atoms with Crippen molar-refractivity contribution in [3.63, 3.8) is 0 Å². The van der Waals surface area contributed by atoms with Gasteiger partial charge in [0.15, 0.2) is 0 Å². The van der Waals surface area contributed by atoms with Gasteiger partial charge in [0.2, 0.25) is 0 Å². The van der Waals surface area contributed by atoms with Crippen LogP contribution in [0.25, 0.3) is 5.69 Å². The van der Waals surface area contributed by atoms with Crippen LogP contribution in [0.3, 0.4) is 0 Å². The summed E-state index contributed by atoms with van der Waals surface area (Å²) in [4.78, 5) is 32.4. The van der Waals surface area contributed by atoms with Crippen LogP contribution in [-0.2, 0) is 13.0 Å². The SMILES string of the molecule is Cc1ccc(CN(CCc2ccccc2)C(=O)c2ccc(-n3cncn3)c([N+](=O)[O-])c2)s1. The van der Waals surface area contributed by atoms with Crippen LogP contribution in [0, 0.1) is 17.0 Å².